The van der Waals surface area contributed by atoms with E-state index in [2.05, 4.69) is 60.1 Å². The van der Waals surface area contributed by atoms with Crippen LogP contribution in [-0.2, 0) is 6.54 Å². The van der Waals surface area contributed by atoms with Crippen molar-refractivity contribution in [3.05, 3.63) is 79.1 Å². The maximum atomic E-state index is 6.10. The Morgan fingerprint density at radius 2 is 1.90 bits per heavy atom. The number of rotatable bonds is 5. The van der Waals surface area contributed by atoms with Crippen LogP contribution < -0.4 is 5.32 Å². The van der Waals surface area contributed by atoms with E-state index in [0.29, 0.717) is 0 Å². The monoisotopic (exact) mass is 333 g/mol. The standard InChI is InChI=1S/C17H16ClNS2/c1-12-5-2-3-6-13(12)11-19-17(14-7-4-10-20-14)15-8-9-16(18)21-15/h2-10,17,19H,11H2,1H3. The zero-order valence-electron chi connectivity index (χ0n) is 11.7. The third-order valence-electron chi connectivity index (χ3n) is 3.46. The zero-order valence-corrected chi connectivity index (χ0v) is 14.1. The van der Waals surface area contributed by atoms with Crippen LogP contribution in [0.1, 0.15) is 26.9 Å². The minimum Gasteiger partial charge on any atom is -0.301 e. The summed E-state index contributed by atoms with van der Waals surface area (Å²) in [4.78, 5) is 2.58. The van der Waals surface area contributed by atoms with Gasteiger partial charge < -0.3 is 5.32 Å². The Bertz CT molecular complexity index is 703. The Labute approximate surface area is 138 Å². The van der Waals surface area contributed by atoms with E-state index in [-0.39, 0.29) is 6.04 Å². The largest absolute Gasteiger partial charge is 0.301 e. The summed E-state index contributed by atoms with van der Waals surface area (Å²) in [5.74, 6) is 0. The lowest BCUT2D eigenvalue weighted by molar-refractivity contribution is 0.620. The van der Waals surface area contributed by atoms with E-state index in [1.165, 1.54) is 20.9 Å². The van der Waals surface area contributed by atoms with Gasteiger partial charge in [-0.1, -0.05) is 41.9 Å². The van der Waals surface area contributed by atoms with Gasteiger partial charge in [-0.15, -0.1) is 22.7 Å². The molecule has 0 aliphatic heterocycles. The van der Waals surface area contributed by atoms with Gasteiger partial charge in [0, 0.05) is 16.3 Å². The summed E-state index contributed by atoms with van der Waals surface area (Å²) in [5, 5.41) is 5.79. The maximum absolute atomic E-state index is 6.10. The van der Waals surface area contributed by atoms with E-state index in [0.717, 1.165) is 10.9 Å². The van der Waals surface area contributed by atoms with Crippen molar-refractivity contribution in [2.75, 3.05) is 0 Å². The molecule has 0 fully saturated rings. The smallest absolute Gasteiger partial charge is 0.0931 e. The molecule has 2 heterocycles. The Morgan fingerprint density at radius 3 is 2.57 bits per heavy atom. The average molecular weight is 334 g/mol. The molecule has 1 aromatic carbocycles. The SMILES string of the molecule is Cc1ccccc1CNC(c1cccs1)c1ccc(Cl)s1. The predicted molar refractivity (Wildman–Crippen MR) is 93.5 cm³/mol. The first-order valence-corrected chi connectivity index (χ1v) is 8.88. The number of hydrogen-bond acceptors (Lipinski definition) is 3. The summed E-state index contributed by atoms with van der Waals surface area (Å²) in [5.41, 5.74) is 2.65. The van der Waals surface area contributed by atoms with E-state index in [4.69, 9.17) is 11.6 Å². The molecule has 0 bridgehead atoms. The van der Waals surface area contributed by atoms with Crippen molar-refractivity contribution in [2.24, 2.45) is 0 Å². The van der Waals surface area contributed by atoms with Gasteiger partial charge in [0.1, 0.15) is 0 Å². The van der Waals surface area contributed by atoms with Crippen LogP contribution in [0.15, 0.2) is 53.9 Å². The number of nitrogens with one attached hydrogen (secondary N) is 1. The van der Waals surface area contributed by atoms with Gasteiger partial charge in [0.15, 0.2) is 0 Å². The molecule has 4 heteroatoms. The molecule has 0 radical (unpaired) electrons. The summed E-state index contributed by atoms with van der Waals surface area (Å²) in [7, 11) is 0. The van der Waals surface area contributed by atoms with Gasteiger partial charge in [-0.3, -0.25) is 0 Å². The highest BCUT2D eigenvalue weighted by Crippen LogP contribution is 2.33. The number of aryl methyl sites for hydroxylation is 1. The third kappa shape index (κ3) is 3.55. The molecule has 1 atom stereocenters. The summed E-state index contributed by atoms with van der Waals surface area (Å²) in [6.45, 7) is 3.00. The first-order valence-electron chi connectivity index (χ1n) is 6.80. The summed E-state index contributed by atoms with van der Waals surface area (Å²) in [6, 6.07) is 17.1. The molecule has 3 rings (SSSR count). The van der Waals surface area contributed by atoms with Gasteiger partial charge in [0.05, 0.1) is 10.4 Å². The van der Waals surface area contributed by atoms with E-state index in [1.54, 1.807) is 22.7 Å². The van der Waals surface area contributed by atoms with Gasteiger partial charge in [-0.2, -0.15) is 0 Å². The molecule has 21 heavy (non-hydrogen) atoms. The third-order valence-corrected chi connectivity index (χ3v) is 5.70. The molecule has 1 unspecified atom stereocenters. The van der Waals surface area contributed by atoms with Crippen LogP contribution in [0.5, 0.6) is 0 Å². The first-order chi connectivity index (χ1) is 10.2. The van der Waals surface area contributed by atoms with Crippen LogP contribution in [0, 0.1) is 6.92 Å². The minimum atomic E-state index is 0.210. The molecule has 1 nitrogen and oxygen atoms in total. The fourth-order valence-electron chi connectivity index (χ4n) is 2.30. The molecule has 3 aromatic rings. The topological polar surface area (TPSA) is 12.0 Å². The van der Waals surface area contributed by atoms with Crippen LogP contribution >= 0.6 is 34.3 Å². The first kappa shape index (κ1) is 14.8. The van der Waals surface area contributed by atoms with Gasteiger partial charge in [0.25, 0.3) is 0 Å². The lowest BCUT2D eigenvalue weighted by atomic mass is 10.1. The van der Waals surface area contributed by atoms with Crippen molar-refractivity contribution < 1.29 is 0 Å². The van der Waals surface area contributed by atoms with Crippen molar-refractivity contribution in [1.82, 2.24) is 5.32 Å². The molecule has 0 aliphatic rings. The van der Waals surface area contributed by atoms with Crippen LogP contribution in [0.25, 0.3) is 0 Å². The van der Waals surface area contributed by atoms with Crippen molar-refractivity contribution in [1.29, 1.82) is 0 Å². The molecule has 0 amide bonds. The van der Waals surface area contributed by atoms with E-state index in [1.807, 2.05) is 6.07 Å². The highest BCUT2D eigenvalue weighted by atomic mass is 35.5. The van der Waals surface area contributed by atoms with Crippen molar-refractivity contribution in [2.45, 2.75) is 19.5 Å². The van der Waals surface area contributed by atoms with E-state index < -0.39 is 0 Å². The van der Waals surface area contributed by atoms with Gasteiger partial charge in [-0.25, -0.2) is 0 Å². The fourth-order valence-corrected chi connectivity index (χ4v) is 4.35. The number of thiophene rings is 2. The second kappa shape index (κ2) is 6.75. The second-order valence-corrected chi connectivity index (χ2v) is 7.62. The van der Waals surface area contributed by atoms with E-state index in [9.17, 15) is 0 Å². The molecule has 1 N–H and O–H groups in total. The highest BCUT2D eigenvalue weighted by molar-refractivity contribution is 7.16. The second-order valence-electron chi connectivity index (χ2n) is 4.90. The van der Waals surface area contributed by atoms with Crippen molar-refractivity contribution in [3.8, 4) is 0 Å². The lowest BCUT2D eigenvalue weighted by Crippen LogP contribution is -2.20. The Hall–Kier alpha value is -1.13. The van der Waals surface area contributed by atoms with Crippen LogP contribution in [0.4, 0.5) is 0 Å². The molecule has 0 spiro atoms. The minimum absolute atomic E-state index is 0.210. The summed E-state index contributed by atoms with van der Waals surface area (Å²) < 4.78 is 0.837. The van der Waals surface area contributed by atoms with Gasteiger partial charge in [0.2, 0.25) is 0 Å². The van der Waals surface area contributed by atoms with E-state index >= 15 is 0 Å². The lowest BCUT2D eigenvalue weighted by Gasteiger charge is -2.17. The Kier molecular flexibility index (Phi) is 4.76. The quantitative estimate of drug-likeness (QED) is 0.636. The summed E-state index contributed by atoms with van der Waals surface area (Å²) in [6.07, 6.45) is 0. The number of benzene rings is 1. The maximum Gasteiger partial charge on any atom is 0.0931 e. The van der Waals surface area contributed by atoms with Crippen molar-refractivity contribution in [3.63, 3.8) is 0 Å². The molecule has 0 saturated carbocycles. The molecule has 2 aromatic heterocycles. The molecular weight excluding hydrogens is 318 g/mol. The normalized spacial score (nSPS) is 12.5. The van der Waals surface area contributed by atoms with Crippen LogP contribution in [0.2, 0.25) is 4.34 Å². The summed E-state index contributed by atoms with van der Waals surface area (Å²) >= 11 is 9.52. The Balaban J connectivity index is 1.82. The predicted octanol–water partition coefficient (Wildman–Crippen LogP) is 5.65. The van der Waals surface area contributed by atoms with Gasteiger partial charge >= 0.3 is 0 Å². The molecule has 108 valence electrons. The average Bonchev–Trinajstić information content (AvgIpc) is 3.13. The van der Waals surface area contributed by atoms with Gasteiger partial charge in [-0.05, 0) is 41.6 Å². The Morgan fingerprint density at radius 1 is 1.05 bits per heavy atom. The number of hydrogen-bond donors (Lipinski definition) is 1. The molecule has 0 saturated heterocycles. The number of halogens is 1. The van der Waals surface area contributed by atoms with Crippen molar-refractivity contribution >= 4 is 34.3 Å². The zero-order chi connectivity index (χ0) is 14.7. The van der Waals surface area contributed by atoms with Crippen LogP contribution in [0.3, 0.4) is 0 Å². The highest BCUT2D eigenvalue weighted by Gasteiger charge is 2.17. The van der Waals surface area contributed by atoms with Crippen LogP contribution in [-0.4, -0.2) is 0 Å². The molecule has 0 aliphatic carbocycles. The molecular formula is C17H16ClNS2. The fraction of sp³-hybridized carbons (Fsp3) is 0.176.